The van der Waals surface area contributed by atoms with Crippen LogP contribution in [0.15, 0.2) is 0 Å². The molecular formula is C15H33OP. The SMILES string of the molecule is CCCCCCCCCCCCCP(C)OC. The van der Waals surface area contributed by atoms with Crippen molar-refractivity contribution in [2.75, 3.05) is 19.9 Å². The smallest absolute Gasteiger partial charge is 0.0398 e. The molecule has 0 N–H and O–H groups in total. The minimum atomic E-state index is -0.115. The molecule has 0 heterocycles. The lowest BCUT2D eigenvalue weighted by Gasteiger charge is -2.08. The zero-order valence-electron chi connectivity index (χ0n) is 12.3. The molecule has 0 amide bonds. The quantitative estimate of drug-likeness (QED) is 0.293. The summed E-state index contributed by atoms with van der Waals surface area (Å²) in [4.78, 5) is 0. The van der Waals surface area contributed by atoms with Crippen molar-refractivity contribution in [1.82, 2.24) is 0 Å². The van der Waals surface area contributed by atoms with Gasteiger partial charge in [0, 0.05) is 15.3 Å². The lowest BCUT2D eigenvalue weighted by atomic mass is 10.1. The molecule has 0 saturated carbocycles. The first-order chi connectivity index (χ1) is 8.31. The van der Waals surface area contributed by atoms with Crippen LogP contribution in [0.2, 0.25) is 0 Å². The van der Waals surface area contributed by atoms with Crippen molar-refractivity contribution in [1.29, 1.82) is 0 Å². The molecule has 0 radical (unpaired) electrons. The summed E-state index contributed by atoms with van der Waals surface area (Å²) in [6.07, 6.45) is 17.0. The van der Waals surface area contributed by atoms with Crippen LogP contribution < -0.4 is 0 Å². The molecule has 0 aliphatic heterocycles. The minimum Gasteiger partial charge on any atom is -0.363 e. The number of rotatable bonds is 13. The van der Waals surface area contributed by atoms with Crippen LogP contribution in [-0.4, -0.2) is 19.9 Å². The summed E-state index contributed by atoms with van der Waals surface area (Å²) in [6, 6.07) is 0. The van der Waals surface area contributed by atoms with E-state index in [2.05, 4.69) is 13.6 Å². The molecule has 0 aromatic heterocycles. The van der Waals surface area contributed by atoms with Crippen LogP contribution in [0.4, 0.5) is 0 Å². The van der Waals surface area contributed by atoms with E-state index in [9.17, 15) is 0 Å². The molecule has 0 fully saturated rings. The summed E-state index contributed by atoms with van der Waals surface area (Å²) < 4.78 is 5.31. The Hall–Kier alpha value is 0.390. The Morgan fingerprint density at radius 1 is 0.706 bits per heavy atom. The molecule has 1 atom stereocenters. The molecule has 104 valence electrons. The summed E-state index contributed by atoms with van der Waals surface area (Å²) in [5.74, 6) is 0. The zero-order valence-corrected chi connectivity index (χ0v) is 13.2. The van der Waals surface area contributed by atoms with Gasteiger partial charge in [0.1, 0.15) is 0 Å². The molecule has 0 rings (SSSR count). The van der Waals surface area contributed by atoms with E-state index in [-0.39, 0.29) is 8.15 Å². The first kappa shape index (κ1) is 17.4. The lowest BCUT2D eigenvalue weighted by Crippen LogP contribution is -1.87. The molecular weight excluding hydrogens is 227 g/mol. The van der Waals surface area contributed by atoms with Crippen molar-refractivity contribution in [2.45, 2.75) is 77.6 Å². The molecule has 17 heavy (non-hydrogen) atoms. The van der Waals surface area contributed by atoms with E-state index < -0.39 is 0 Å². The predicted molar refractivity (Wildman–Crippen MR) is 81.2 cm³/mol. The topological polar surface area (TPSA) is 9.23 Å². The van der Waals surface area contributed by atoms with Gasteiger partial charge in [-0.1, -0.05) is 71.1 Å². The van der Waals surface area contributed by atoms with Gasteiger partial charge in [0.15, 0.2) is 0 Å². The van der Waals surface area contributed by atoms with Gasteiger partial charge in [0.2, 0.25) is 0 Å². The first-order valence-corrected chi connectivity index (χ1v) is 9.45. The second-order valence-corrected chi connectivity index (χ2v) is 7.14. The van der Waals surface area contributed by atoms with Gasteiger partial charge < -0.3 is 4.52 Å². The fraction of sp³-hybridized carbons (Fsp3) is 1.00. The maximum atomic E-state index is 5.31. The van der Waals surface area contributed by atoms with E-state index in [1.54, 1.807) is 0 Å². The second-order valence-electron chi connectivity index (χ2n) is 5.07. The van der Waals surface area contributed by atoms with Crippen LogP contribution in [0.5, 0.6) is 0 Å². The average Bonchev–Trinajstić information content (AvgIpc) is 2.35. The lowest BCUT2D eigenvalue weighted by molar-refractivity contribution is 0.462. The molecule has 1 unspecified atom stereocenters. The zero-order chi connectivity index (χ0) is 12.8. The maximum Gasteiger partial charge on any atom is 0.0398 e. The van der Waals surface area contributed by atoms with E-state index in [0.717, 1.165) is 0 Å². The Morgan fingerprint density at radius 2 is 1.12 bits per heavy atom. The Balaban J connectivity index is 2.94. The molecule has 0 aliphatic rings. The minimum absolute atomic E-state index is 0.115. The predicted octanol–water partition coefficient (Wildman–Crippen LogP) is 5.97. The molecule has 0 spiro atoms. The van der Waals surface area contributed by atoms with E-state index in [4.69, 9.17) is 4.52 Å². The number of hydrogen-bond acceptors (Lipinski definition) is 1. The van der Waals surface area contributed by atoms with Crippen LogP contribution in [0.25, 0.3) is 0 Å². The van der Waals surface area contributed by atoms with E-state index in [0.29, 0.717) is 0 Å². The van der Waals surface area contributed by atoms with E-state index in [1.165, 1.54) is 76.8 Å². The Morgan fingerprint density at radius 3 is 1.53 bits per heavy atom. The van der Waals surface area contributed by atoms with Gasteiger partial charge in [-0.25, -0.2) is 0 Å². The number of unbranched alkanes of at least 4 members (excludes halogenated alkanes) is 10. The largest absolute Gasteiger partial charge is 0.363 e. The van der Waals surface area contributed by atoms with Crippen LogP contribution in [0, 0.1) is 0 Å². The summed E-state index contributed by atoms with van der Waals surface area (Å²) in [5, 5.41) is 0. The van der Waals surface area contributed by atoms with E-state index >= 15 is 0 Å². The van der Waals surface area contributed by atoms with E-state index in [1.807, 2.05) is 7.11 Å². The third-order valence-corrected chi connectivity index (χ3v) is 4.96. The molecule has 0 aromatic carbocycles. The van der Waals surface area contributed by atoms with Crippen LogP contribution in [0.3, 0.4) is 0 Å². The van der Waals surface area contributed by atoms with Gasteiger partial charge in [0.05, 0.1) is 0 Å². The molecule has 0 bridgehead atoms. The van der Waals surface area contributed by atoms with Gasteiger partial charge in [-0.3, -0.25) is 0 Å². The van der Waals surface area contributed by atoms with Crippen LogP contribution in [-0.2, 0) is 4.52 Å². The van der Waals surface area contributed by atoms with Crippen molar-refractivity contribution in [3.05, 3.63) is 0 Å². The highest BCUT2D eigenvalue weighted by Gasteiger charge is 1.98. The summed E-state index contributed by atoms with van der Waals surface area (Å²) in [6.45, 7) is 4.51. The first-order valence-electron chi connectivity index (χ1n) is 7.56. The van der Waals surface area contributed by atoms with Crippen molar-refractivity contribution >= 4 is 8.15 Å². The third-order valence-electron chi connectivity index (χ3n) is 3.39. The standard InChI is InChI=1S/C15H33OP/c1-4-5-6-7-8-9-10-11-12-13-14-15-17(3)16-2/h4-15H2,1-3H3. The van der Waals surface area contributed by atoms with Crippen molar-refractivity contribution in [2.24, 2.45) is 0 Å². The normalized spacial score (nSPS) is 12.9. The van der Waals surface area contributed by atoms with Gasteiger partial charge >= 0.3 is 0 Å². The third kappa shape index (κ3) is 14.3. The average molecular weight is 260 g/mol. The summed E-state index contributed by atoms with van der Waals surface area (Å²) in [5.41, 5.74) is 0. The van der Waals surface area contributed by atoms with Crippen molar-refractivity contribution in [3.63, 3.8) is 0 Å². The highest BCUT2D eigenvalue weighted by Crippen LogP contribution is 2.31. The highest BCUT2D eigenvalue weighted by atomic mass is 31.1. The second kappa shape index (κ2) is 14.5. The molecule has 0 saturated heterocycles. The number of hydrogen-bond donors (Lipinski definition) is 0. The van der Waals surface area contributed by atoms with Crippen molar-refractivity contribution in [3.8, 4) is 0 Å². The molecule has 1 nitrogen and oxygen atoms in total. The summed E-state index contributed by atoms with van der Waals surface area (Å²) in [7, 11) is 1.72. The fourth-order valence-corrected chi connectivity index (χ4v) is 2.94. The van der Waals surface area contributed by atoms with Gasteiger partial charge in [-0.2, -0.15) is 0 Å². The van der Waals surface area contributed by atoms with Crippen molar-refractivity contribution < 1.29 is 4.52 Å². The monoisotopic (exact) mass is 260 g/mol. The molecule has 0 aliphatic carbocycles. The Kier molecular flexibility index (Phi) is 14.8. The fourth-order valence-electron chi connectivity index (χ4n) is 2.09. The maximum absolute atomic E-state index is 5.31. The van der Waals surface area contributed by atoms with Crippen LogP contribution >= 0.6 is 8.15 Å². The van der Waals surface area contributed by atoms with Gasteiger partial charge in [0.25, 0.3) is 0 Å². The highest BCUT2D eigenvalue weighted by molar-refractivity contribution is 7.51. The molecule has 0 aromatic rings. The molecule has 2 heteroatoms. The van der Waals surface area contributed by atoms with Crippen LogP contribution in [0.1, 0.15) is 77.6 Å². The Bertz CT molecular complexity index is 139. The summed E-state index contributed by atoms with van der Waals surface area (Å²) >= 11 is 0. The van der Waals surface area contributed by atoms with Gasteiger partial charge in [-0.05, 0) is 19.2 Å². The van der Waals surface area contributed by atoms with Gasteiger partial charge in [-0.15, -0.1) is 0 Å². The Labute approximate surface area is 111 Å².